The second kappa shape index (κ2) is 19.6. The van der Waals surface area contributed by atoms with E-state index in [-0.39, 0.29) is 13.2 Å². The lowest BCUT2D eigenvalue weighted by atomic mass is 10.2. The minimum Gasteiger partial charge on any atom is -0.396 e. The maximum Gasteiger partial charge on any atom is 0.332 e. The summed E-state index contributed by atoms with van der Waals surface area (Å²) < 4.78 is 22.3. The Kier molecular flexibility index (Phi) is 24.2. The highest BCUT2D eigenvalue weighted by atomic mass is 32.9. The number of nitrogens with zero attached hydrogens (tertiary/aromatic N) is 1. The van der Waals surface area contributed by atoms with Gasteiger partial charge in [0.25, 0.3) is 0 Å². The van der Waals surface area contributed by atoms with E-state index in [1.54, 1.807) is 13.3 Å². The van der Waals surface area contributed by atoms with Gasteiger partial charge in [-0.3, -0.25) is 0 Å². The lowest BCUT2D eigenvalue weighted by Gasteiger charge is -2.38. The smallest absolute Gasteiger partial charge is 0.332 e. The Balaban J connectivity index is -0.000000196. The summed E-state index contributed by atoms with van der Waals surface area (Å²) in [7, 11) is -1.26. The van der Waals surface area contributed by atoms with E-state index in [4.69, 9.17) is 26.0 Å². The molecule has 1 aromatic heterocycles. The summed E-state index contributed by atoms with van der Waals surface area (Å²) in [6.07, 6.45) is -1.49. The van der Waals surface area contributed by atoms with Crippen molar-refractivity contribution >= 4 is 88.7 Å². The molecule has 0 saturated heterocycles. The van der Waals surface area contributed by atoms with E-state index >= 15 is 0 Å². The number of hydrogen-bond donors (Lipinski definition) is 1. The molecule has 5 nitrogen and oxygen atoms in total. The molecule has 0 fully saturated rings. The van der Waals surface area contributed by atoms with Crippen LogP contribution in [-0.2, 0) is 24.8 Å². The van der Waals surface area contributed by atoms with E-state index in [0.717, 1.165) is 0 Å². The van der Waals surface area contributed by atoms with Gasteiger partial charge in [0, 0.05) is 14.4 Å². The minimum atomic E-state index is -1.60. The molecule has 1 rings (SSSR count). The average Bonchev–Trinajstić information content (AvgIpc) is 2.95. The molecule has 0 spiro atoms. The second-order valence-corrected chi connectivity index (χ2v) is 33.1. The molecule has 0 amide bonds. The van der Waals surface area contributed by atoms with Crippen LogP contribution in [0.4, 0.5) is 5.13 Å². The van der Waals surface area contributed by atoms with Gasteiger partial charge in [-0.15, -0.1) is 0 Å². The van der Waals surface area contributed by atoms with Crippen LogP contribution < -0.4 is 5.73 Å². The number of nitrogens with two attached hydrogens (primary N) is 1. The zero-order valence-electron chi connectivity index (χ0n) is 26.2. The third-order valence-corrected chi connectivity index (χ3v) is 22.1. The van der Waals surface area contributed by atoms with Crippen molar-refractivity contribution < 1.29 is 13.0 Å². The van der Waals surface area contributed by atoms with Crippen LogP contribution in [0.3, 0.4) is 0 Å². The highest BCUT2D eigenvalue weighted by Crippen LogP contribution is 2.49. The van der Waals surface area contributed by atoms with Crippen LogP contribution in [0.5, 0.6) is 0 Å². The fraction of sp³-hybridized carbons (Fsp3) is 0.909. The number of hydrogen-bond acceptors (Lipinski definition) is 9. The predicted molar refractivity (Wildman–Crippen MR) is 188 cm³/mol. The van der Waals surface area contributed by atoms with E-state index in [1.807, 2.05) is 13.8 Å². The summed E-state index contributed by atoms with van der Waals surface area (Å²) in [6.45, 7) is 38.5. The van der Waals surface area contributed by atoms with Crippen LogP contribution >= 0.6 is 55.1 Å². The Morgan fingerprint density at radius 1 is 0.944 bits per heavy atom. The number of nitrogen functional groups attached to an aromatic ring is 1. The van der Waals surface area contributed by atoms with Gasteiger partial charge in [0.2, 0.25) is 0 Å². The largest absolute Gasteiger partial charge is 0.396 e. The third-order valence-electron chi connectivity index (χ3n) is 4.87. The third kappa shape index (κ3) is 27.1. The first-order valence-corrected chi connectivity index (χ1v) is 28.1. The molecule has 1 heterocycles. The van der Waals surface area contributed by atoms with Gasteiger partial charge >= 0.3 is 7.80 Å². The van der Waals surface area contributed by atoms with Crippen molar-refractivity contribution in [2.24, 2.45) is 0 Å². The molecule has 2 N–H and O–H groups in total. The van der Waals surface area contributed by atoms with Gasteiger partial charge in [-0.1, -0.05) is 71.8 Å². The molecule has 0 atom stereocenters. The van der Waals surface area contributed by atoms with Crippen molar-refractivity contribution in [3.8, 4) is 0 Å². The van der Waals surface area contributed by atoms with Gasteiger partial charge in [-0.2, -0.15) is 4.98 Å². The second-order valence-electron chi connectivity index (χ2n) is 11.5. The van der Waals surface area contributed by atoms with Crippen LogP contribution in [0.1, 0.15) is 55.4 Å². The summed E-state index contributed by atoms with van der Waals surface area (Å²) in [4.78, 5) is 3.74. The molecular formula is C22H56N2O3P3S4Si2+. The topological polar surface area (TPSA) is 74.4 Å². The molecule has 0 bridgehead atoms. The SMILES string of the molecule is CC.CC(C)(C)[Si](C)(C)OP(C)(C)=S.CP(C)O[Si](C)(C)C(C)(C)C.C[P+](C)=O.Nc1nc(=S)ss1. The lowest BCUT2D eigenvalue weighted by molar-refractivity contribution is 0.534. The molecule has 0 unspecified atom stereocenters. The molecule has 0 aliphatic heterocycles. The van der Waals surface area contributed by atoms with Gasteiger partial charge in [-0.25, -0.2) is 0 Å². The number of rotatable bonds is 4. The van der Waals surface area contributed by atoms with E-state index in [9.17, 15) is 4.57 Å². The molecule has 218 valence electrons. The van der Waals surface area contributed by atoms with Crippen LogP contribution in [0, 0.1) is 3.95 Å². The van der Waals surface area contributed by atoms with Gasteiger partial charge in [0.1, 0.15) is 13.3 Å². The zero-order chi connectivity index (χ0) is 30.3. The van der Waals surface area contributed by atoms with Gasteiger partial charge in [0.15, 0.2) is 25.7 Å². The van der Waals surface area contributed by atoms with Gasteiger partial charge in [0.05, 0.1) is 0 Å². The van der Waals surface area contributed by atoms with Crippen LogP contribution in [0.25, 0.3) is 0 Å². The van der Waals surface area contributed by atoms with Crippen molar-refractivity contribution in [1.82, 2.24) is 4.98 Å². The Labute approximate surface area is 246 Å². The summed E-state index contributed by atoms with van der Waals surface area (Å²) in [5, 5.41) is 1.21. The Morgan fingerprint density at radius 3 is 1.36 bits per heavy atom. The van der Waals surface area contributed by atoms with Crippen LogP contribution in [0.15, 0.2) is 0 Å². The Hall–Kier alpha value is 1.53. The van der Waals surface area contributed by atoms with E-state index < -0.39 is 30.7 Å². The standard InChI is InChI=1S/C8H21OPSSi.C8H21OPSi.C2H2N2S3.C2H6OP.C2H6/c1-8(2,3)12(6,7)9-10(4,5)11;1-8(2,3)11(6,7)9-10(4)5;3-1-4-2(5)7-6-1;1-4(2)3;1-2/h1-7H3;1-7H3;(H2,3,4,5);1-2H3;1-2H3/q;;;+1;. The van der Waals surface area contributed by atoms with Crippen molar-refractivity contribution in [3.05, 3.63) is 3.95 Å². The summed E-state index contributed by atoms with van der Waals surface area (Å²) >= 11 is 10.00. The first-order valence-electron chi connectivity index (χ1n) is 11.8. The molecule has 0 aliphatic rings. The zero-order valence-corrected chi connectivity index (χ0v) is 34.2. The number of aromatic nitrogens is 1. The fourth-order valence-corrected chi connectivity index (χ4v) is 15.0. The molecule has 0 aliphatic carbocycles. The minimum absolute atomic E-state index is 0.191. The van der Waals surface area contributed by atoms with Gasteiger partial charge in [-0.05, 0) is 95.8 Å². The Morgan fingerprint density at radius 2 is 1.28 bits per heavy atom. The molecule has 0 radical (unpaired) electrons. The summed E-state index contributed by atoms with van der Waals surface area (Å²) in [5.41, 5.74) is 5.23. The van der Waals surface area contributed by atoms with E-state index in [0.29, 0.717) is 14.1 Å². The van der Waals surface area contributed by atoms with Crippen molar-refractivity contribution in [2.75, 3.05) is 45.7 Å². The molecule has 1 aromatic rings. The highest BCUT2D eigenvalue weighted by Gasteiger charge is 2.39. The predicted octanol–water partition coefficient (Wildman–Crippen LogP) is 10.9. The maximum absolute atomic E-state index is 9.59. The molecule has 14 heteroatoms. The summed E-state index contributed by atoms with van der Waals surface area (Å²) in [6, 6.07) is 0. The van der Waals surface area contributed by atoms with Crippen LogP contribution in [0.2, 0.25) is 36.3 Å². The summed E-state index contributed by atoms with van der Waals surface area (Å²) in [5.74, 6) is 0. The van der Waals surface area contributed by atoms with E-state index in [2.05, 4.69) is 112 Å². The lowest BCUT2D eigenvalue weighted by Crippen LogP contribution is -2.39. The van der Waals surface area contributed by atoms with Crippen molar-refractivity contribution in [1.29, 1.82) is 0 Å². The first-order chi connectivity index (χ1) is 15.6. The monoisotopic (exact) mass is 673 g/mol. The fourth-order valence-electron chi connectivity index (χ4n) is 1.49. The number of anilines is 1. The first kappa shape index (κ1) is 44.5. The normalized spacial score (nSPS) is 12.0. The average molecular weight is 674 g/mol. The molecule has 0 saturated carbocycles. The van der Waals surface area contributed by atoms with Crippen LogP contribution in [-0.4, -0.2) is 61.6 Å². The highest BCUT2D eigenvalue weighted by molar-refractivity contribution is 8.12. The Bertz CT molecular complexity index is 825. The van der Waals surface area contributed by atoms with Crippen molar-refractivity contribution in [3.63, 3.8) is 0 Å². The van der Waals surface area contributed by atoms with Gasteiger partial charge < -0.3 is 14.2 Å². The molecule has 0 aromatic carbocycles. The molecule has 36 heavy (non-hydrogen) atoms. The van der Waals surface area contributed by atoms with Crippen molar-refractivity contribution in [2.45, 2.75) is 91.7 Å². The molecular weight excluding hydrogens is 618 g/mol. The quantitative estimate of drug-likeness (QED) is 0.148. The maximum atomic E-state index is 9.59. The van der Waals surface area contributed by atoms with E-state index in [1.165, 1.54) is 20.7 Å².